The van der Waals surface area contributed by atoms with Crippen molar-refractivity contribution in [2.45, 2.75) is 33.1 Å². The van der Waals surface area contributed by atoms with E-state index in [1.165, 1.54) is 19.3 Å². The Morgan fingerprint density at radius 2 is 1.94 bits per heavy atom. The van der Waals surface area contributed by atoms with Gasteiger partial charge in [0.05, 0.1) is 13.7 Å². The molecule has 3 nitrogen and oxygen atoms in total. The molecule has 0 aliphatic heterocycles. The zero-order valence-electron chi connectivity index (χ0n) is 11.1. The van der Waals surface area contributed by atoms with Gasteiger partial charge in [-0.2, -0.15) is 0 Å². The third-order valence-electron chi connectivity index (χ3n) is 2.57. The van der Waals surface area contributed by atoms with E-state index < -0.39 is 0 Å². The van der Waals surface area contributed by atoms with Gasteiger partial charge in [-0.05, 0) is 25.5 Å². The molecule has 96 valence electrons. The number of methoxy groups -OCH3 is 1. The second kappa shape index (κ2) is 7.82. The van der Waals surface area contributed by atoms with Crippen LogP contribution in [-0.2, 0) is 0 Å². The summed E-state index contributed by atoms with van der Waals surface area (Å²) in [5.41, 5.74) is 1.08. The van der Waals surface area contributed by atoms with Gasteiger partial charge in [0.15, 0.2) is 11.5 Å². The van der Waals surface area contributed by atoms with Gasteiger partial charge in [-0.25, -0.2) is 0 Å². The van der Waals surface area contributed by atoms with Crippen molar-refractivity contribution in [3.05, 3.63) is 18.2 Å². The van der Waals surface area contributed by atoms with Crippen LogP contribution in [0.15, 0.2) is 18.2 Å². The van der Waals surface area contributed by atoms with Gasteiger partial charge in [-0.3, -0.25) is 0 Å². The average Bonchev–Trinajstić information content (AvgIpc) is 2.36. The van der Waals surface area contributed by atoms with Gasteiger partial charge in [-0.1, -0.05) is 19.8 Å². The Balaban J connectivity index is 2.56. The summed E-state index contributed by atoms with van der Waals surface area (Å²) in [6.45, 7) is 5.83. The van der Waals surface area contributed by atoms with E-state index in [1.807, 2.05) is 25.1 Å². The average molecular weight is 237 g/mol. The number of nitrogens with one attached hydrogen (secondary N) is 1. The maximum absolute atomic E-state index is 5.47. The molecule has 0 aliphatic carbocycles. The number of anilines is 1. The minimum atomic E-state index is 0.652. The Labute approximate surface area is 104 Å². The van der Waals surface area contributed by atoms with Gasteiger partial charge in [0, 0.05) is 18.3 Å². The monoisotopic (exact) mass is 237 g/mol. The molecular weight excluding hydrogens is 214 g/mol. The largest absolute Gasteiger partial charge is 0.493 e. The molecule has 0 aromatic heterocycles. The van der Waals surface area contributed by atoms with Crippen LogP contribution in [-0.4, -0.2) is 20.3 Å². The van der Waals surface area contributed by atoms with Crippen LogP contribution in [0.4, 0.5) is 5.69 Å². The van der Waals surface area contributed by atoms with E-state index in [2.05, 4.69) is 12.2 Å². The molecule has 0 spiro atoms. The minimum absolute atomic E-state index is 0.652. The van der Waals surface area contributed by atoms with Crippen molar-refractivity contribution >= 4 is 5.69 Å². The lowest BCUT2D eigenvalue weighted by Gasteiger charge is -2.12. The van der Waals surface area contributed by atoms with Gasteiger partial charge >= 0.3 is 0 Å². The molecule has 0 unspecified atom stereocenters. The van der Waals surface area contributed by atoms with Crippen molar-refractivity contribution in [3.8, 4) is 11.5 Å². The summed E-state index contributed by atoms with van der Waals surface area (Å²) in [6.07, 6.45) is 3.71. The maximum Gasteiger partial charge on any atom is 0.162 e. The molecule has 0 heterocycles. The fourth-order valence-corrected chi connectivity index (χ4v) is 1.66. The van der Waals surface area contributed by atoms with Crippen LogP contribution >= 0.6 is 0 Å². The molecule has 0 fully saturated rings. The topological polar surface area (TPSA) is 30.5 Å². The predicted molar refractivity (Wildman–Crippen MR) is 72.2 cm³/mol. The predicted octanol–water partition coefficient (Wildman–Crippen LogP) is 3.70. The first-order valence-corrected chi connectivity index (χ1v) is 6.36. The molecule has 1 aromatic carbocycles. The highest BCUT2D eigenvalue weighted by molar-refractivity contribution is 5.54. The van der Waals surface area contributed by atoms with Crippen molar-refractivity contribution in [3.63, 3.8) is 0 Å². The molecule has 0 saturated carbocycles. The molecule has 1 aromatic rings. The summed E-state index contributed by atoms with van der Waals surface area (Å²) in [4.78, 5) is 0. The molecule has 0 amide bonds. The van der Waals surface area contributed by atoms with Crippen LogP contribution in [0.3, 0.4) is 0 Å². The molecule has 0 bridgehead atoms. The van der Waals surface area contributed by atoms with Gasteiger partial charge in [0.25, 0.3) is 0 Å². The Morgan fingerprint density at radius 1 is 1.12 bits per heavy atom. The zero-order chi connectivity index (χ0) is 12.5. The molecule has 0 radical (unpaired) electrons. The van der Waals surface area contributed by atoms with Crippen molar-refractivity contribution in [2.75, 3.05) is 25.6 Å². The van der Waals surface area contributed by atoms with E-state index in [-0.39, 0.29) is 0 Å². The lowest BCUT2D eigenvalue weighted by Crippen LogP contribution is -2.02. The lowest BCUT2D eigenvalue weighted by molar-refractivity contribution is 0.311. The van der Waals surface area contributed by atoms with Crippen molar-refractivity contribution in [1.29, 1.82) is 0 Å². The first-order chi connectivity index (χ1) is 8.31. The van der Waals surface area contributed by atoms with Gasteiger partial charge in [0.1, 0.15) is 0 Å². The van der Waals surface area contributed by atoms with Crippen LogP contribution in [0.5, 0.6) is 11.5 Å². The number of benzene rings is 1. The van der Waals surface area contributed by atoms with E-state index in [9.17, 15) is 0 Å². The number of unbranched alkanes of at least 4 members (excludes halogenated alkanes) is 2. The number of rotatable bonds is 8. The number of hydrogen-bond donors (Lipinski definition) is 1. The molecular formula is C14H23NO2. The number of ether oxygens (including phenoxy) is 2. The van der Waals surface area contributed by atoms with Crippen molar-refractivity contribution < 1.29 is 9.47 Å². The quantitative estimate of drug-likeness (QED) is 0.699. The second-order valence-corrected chi connectivity index (χ2v) is 3.93. The second-order valence-electron chi connectivity index (χ2n) is 3.93. The summed E-state index contributed by atoms with van der Waals surface area (Å²) < 4.78 is 10.8. The smallest absolute Gasteiger partial charge is 0.162 e. The minimum Gasteiger partial charge on any atom is -0.493 e. The molecule has 0 atom stereocenters. The highest BCUT2D eigenvalue weighted by Gasteiger charge is 2.04. The van der Waals surface area contributed by atoms with Crippen molar-refractivity contribution in [2.24, 2.45) is 0 Å². The fraction of sp³-hybridized carbons (Fsp3) is 0.571. The molecule has 1 N–H and O–H groups in total. The normalized spacial score (nSPS) is 10.1. The first kappa shape index (κ1) is 13.7. The van der Waals surface area contributed by atoms with E-state index >= 15 is 0 Å². The summed E-state index contributed by atoms with van der Waals surface area (Å²) >= 11 is 0. The summed E-state index contributed by atoms with van der Waals surface area (Å²) in [5.74, 6) is 1.58. The zero-order valence-corrected chi connectivity index (χ0v) is 11.1. The molecule has 3 heteroatoms. The third kappa shape index (κ3) is 4.55. The molecule has 0 aliphatic rings. The fourth-order valence-electron chi connectivity index (χ4n) is 1.66. The Bertz CT molecular complexity index is 326. The van der Waals surface area contributed by atoms with Crippen LogP contribution in [0.25, 0.3) is 0 Å². The summed E-state index contributed by atoms with van der Waals surface area (Å²) in [6, 6.07) is 5.96. The SMILES string of the molecule is CCCCCNc1ccc(OCC)c(OC)c1. The van der Waals surface area contributed by atoms with E-state index in [1.54, 1.807) is 7.11 Å². The highest BCUT2D eigenvalue weighted by atomic mass is 16.5. The maximum atomic E-state index is 5.47. The Hall–Kier alpha value is -1.38. The van der Waals surface area contributed by atoms with Crippen LogP contribution in [0.1, 0.15) is 33.1 Å². The Kier molecular flexibility index (Phi) is 6.30. The van der Waals surface area contributed by atoms with Crippen LogP contribution in [0, 0.1) is 0 Å². The molecule has 0 saturated heterocycles. The van der Waals surface area contributed by atoms with E-state index in [0.29, 0.717) is 6.61 Å². The van der Waals surface area contributed by atoms with Gasteiger partial charge in [-0.15, -0.1) is 0 Å². The van der Waals surface area contributed by atoms with Gasteiger partial charge < -0.3 is 14.8 Å². The molecule has 1 rings (SSSR count). The third-order valence-corrected chi connectivity index (χ3v) is 2.57. The Morgan fingerprint density at radius 3 is 2.59 bits per heavy atom. The van der Waals surface area contributed by atoms with Crippen LogP contribution < -0.4 is 14.8 Å². The first-order valence-electron chi connectivity index (χ1n) is 6.36. The standard InChI is InChI=1S/C14H23NO2/c1-4-6-7-10-15-12-8-9-13(17-5-2)14(11-12)16-3/h8-9,11,15H,4-7,10H2,1-3H3. The highest BCUT2D eigenvalue weighted by Crippen LogP contribution is 2.30. The van der Waals surface area contributed by atoms with Crippen molar-refractivity contribution in [1.82, 2.24) is 0 Å². The van der Waals surface area contributed by atoms with Gasteiger partial charge in [0.2, 0.25) is 0 Å². The summed E-state index contributed by atoms with van der Waals surface area (Å²) in [5, 5.41) is 3.39. The lowest BCUT2D eigenvalue weighted by atomic mass is 10.2. The van der Waals surface area contributed by atoms with E-state index in [4.69, 9.17) is 9.47 Å². The van der Waals surface area contributed by atoms with Crippen LogP contribution in [0.2, 0.25) is 0 Å². The molecule has 17 heavy (non-hydrogen) atoms. The summed E-state index contributed by atoms with van der Waals surface area (Å²) in [7, 11) is 1.67. The number of hydrogen-bond acceptors (Lipinski definition) is 3. The van der Waals surface area contributed by atoms with E-state index in [0.717, 1.165) is 23.7 Å².